The molecule has 1 saturated heterocycles. The molecule has 0 N–H and O–H groups in total. The molecule has 1 aromatic rings. The molecule has 0 aliphatic carbocycles. The molecule has 0 spiro atoms. The van der Waals surface area contributed by atoms with E-state index >= 15 is 0 Å². The van der Waals surface area contributed by atoms with Crippen LogP contribution < -0.4 is 0 Å². The van der Waals surface area contributed by atoms with Crippen molar-refractivity contribution in [1.82, 2.24) is 4.90 Å². The van der Waals surface area contributed by atoms with E-state index < -0.39 is 11.7 Å². The van der Waals surface area contributed by atoms with Crippen LogP contribution in [0.25, 0.3) is 0 Å². The van der Waals surface area contributed by atoms with Gasteiger partial charge in [-0.05, 0) is 24.1 Å². The Kier molecular flexibility index (Phi) is 4.88. The van der Waals surface area contributed by atoms with Gasteiger partial charge in [-0.25, -0.2) is 0 Å². The molecular formula is C15H18F3NO2. The summed E-state index contributed by atoms with van der Waals surface area (Å²) in [6.45, 7) is 1.98. The summed E-state index contributed by atoms with van der Waals surface area (Å²) < 4.78 is 42.4. The molecule has 116 valence electrons. The Morgan fingerprint density at radius 1 is 1.33 bits per heavy atom. The highest BCUT2D eigenvalue weighted by Crippen LogP contribution is 2.29. The monoisotopic (exact) mass is 301 g/mol. The van der Waals surface area contributed by atoms with E-state index in [4.69, 9.17) is 4.74 Å². The van der Waals surface area contributed by atoms with E-state index in [2.05, 4.69) is 0 Å². The molecule has 1 aliphatic rings. The minimum Gasteiger partial charge on any atom is -0.384 e. The molecule has 21 heavy (non-hydrogen) atoms. The number of methoxy groups -OCH3 is 1. The average Bonchev–Trinajstić information content (AvgIpc) is 2.87. The van der Waals surface area contributed by atoms with Crippen LogP contribution in [0, 0.1) is 5.92 Å². The molecule has 0 radical (unpaired) electrons. The van der Waals surface area contributed by atoms with Crippen LogP contribution in [0.5, 0.6) is 0 Å². The fourth-order valence-electron chi connectivity index (χ4n) is 2.53. The smallest absolute Gasteiger partial charge is 0.384 e. The molecule has 3 nitrogen and oxygen atoms in total. The number of halogens is 3. The quantitative estimate of drug-likeness (QED) is 0.856. The largest absolute Gasteiger partial charge is 0.416 e. The maximum atomic E-state index is 12.5. The van der Waals surface area contributed by atoms with Crippen molar-refractivity contribution in [3.05, 3.63) is 35.4 Å². The van der Waals surface area contributed by atoms with Crippen LogP contribution in [0.4, 0.5) is 13.2 Å². The van der Waals surface area contributed by atoms with Gasteiger partial charge < -0.3 is 9.64 Å². The molecule has 0 unspecified atom stereocenters. The summed E-state index contributed by atoms with van der Waals surface area (Å²) in [5.74, 6) is 0.305. The lowest BCUT2D eigenvalue weighted by molar-refractivity contribution is -0.137. The van der Waals surface area contributed by atoms with Crippen LogP contribution in [0.15, 0.2) is 24.3 Å². The maximum absolute atomic E-state index is 12.5. The number of alkyl halides is 3. The molecule has 6 heteroatoms. The second-order valence-electron chi connectivity index (χ2n) is 5.32. The third-order valence-electron chi connectivity index (χ3n) is 3.68. The lowest BCUT2D eigenvalue weighted by atomic mass is 10.1. The first-order chi connectivity index (χ1) is 9.90. The standard InChI is InChI=1S/C15H18F3NO2/c1-21-10-12-6-7-19(9-12)14(20)8-11-2-4-13(5-3-11)15(16,17)18/h2-5,12H,6-10H2,1H3/t12-/m0/s1. The highest BCUT2D eigenvalue weighted by molar-refractivity contribution is 5.79. The zero-order valence-electron chi connectivity index (χ0n) is 11.8. The van der Waals surface area contributed by atoms with Crippen molar-refractivity contribution >= 4 is 5.91 Å². The van der Waals surface area contributed by atoms with Crippen LogP contribution in [0.2, 0.25) is 0 Å². The summed E-state index contributed by atoms with van der Waals surface area (Å²) in [6, 6.07) is 4.76. The summed E-state index contributed by atoms with van der Waals surface area (Å²) in [4.78, 5) is 13.9. The van der Waals surface area contributed by atoms with Crippen molar-refractivity contribution in [3.8, 4) is 0 Å². The van der Waals surface area contributed by atoms with Crippen LogP contribution in [-0.4, -0.2) is 37.6 Å². The maximum Gasteiger partial charge on any atom is 0.416 e. The van der Waals surface area contributed by atoms with Gasteiger partial charge >= 0.3 is 6.18 Å². The topological polar surface area (TPSA) is 29.5 Å². The Bertz CT molecular complexity index is 485. The Labute approximate surface area is 121 Å². The first-order valence-corrected chi connectivity index (χ1v) is 6.83. The highest BCUT2D eigenvalue weighted by atomic mass is 19.4. The van der Waals surface area contributed by atoms with Crippen molar-refractivity contribution in [3.63, 3.8) is 0 Å². The van der Waals surface area contributed by atoms with Crippen LogP contribution in [0.3, 0.4) is 0 Å². The highest BCUT2D eigenvalue weighted by Gasteiger charge is 2.30. The van der Waals surface area contributed by atoms with Gasteiger partial charge in [0.1, 0.15) is 0 Å². The molecule has 1 fully saturated rings. The number of likely N-dealkylation sites (tertiary alicyclic amines) is 1. The first-order valence-electron chi connectivity index (χ1n) is 6.83. The summed E-state index contributed by atoms with van der Waals surface area (Å²) in [7, 11) is 1.63. The number of carbonyl (C=O) groups excluding carboxylic acids is 1. The van der Waals surface area contributed by atoms with Crippen LogP contribution >= 0.6 is 0 Å². The molecule has 0 bridgehead atoms. The summed E-state index contributed by atoms with van der Waals surface area (Å²) >= 11 is 0. The molecule has 1 atom stereocenters. The zero-order chi connectivity index (χ0) is 15.5. The van der Waals surface area contributed by atoms with Gasteiger partial charge in [0.05, 0.1) is 18.6 Å². The Hall–Kier alpha value is -1.56. The van der Waals surface area contributed by atoms with E-state index in [9.17, 15) is 18.0 Å². The summed E-state index contributed by atoms with van der Waals surface area (Å²) in [5, 5.41) is 0. The molecule has 1 heterocycles. The Balaban J connectivity index is 1.91. The number of ether oxygens (including phenoxy) is 1. The molecule has 1 aromatic carbocycles. The van der Waals surface area contributed by atoms with E-state index in [1.165, 1.54) is 12.1 Å². The summed E-state index contributed by atoms with van der Waals surface area (Å²) in [5.41, 5.74) is -0.0942. The van der Waals surface area contributed by atoms with Gasteiger partial charge in [-0.1, -0.05) is 12.1 Å². The molecule has 2 rings (SSSR count). The van der Waals surface area contributed by atoms with Crippen molar-refractivity contribution in [2.75, 3.05) is 26.8 Å². The number of hydrogen-bond acceptors (Lipinski definition) is 2. The second-order valence-corrected chi connectivity index (χ2v) is 5.32. The number of carbonyl (C=O) groups is 1. The molecule has 1 aliphatic heterocycles. The van der Waals surface area contributed by atoms with E-state index in [1.54, 1.807) is 12.0 Å². The van der Waals surface area contributed by atoms with E-state index in [-0.39, 0.29) is 12.3 Å². The minimum atomic E-state index is -4.34. The molecule has 1 amide bonds. The van der Waals surface area contributed by atoms with Crippen LogP contribution in [-0.2, 0) is 22.1 Å². The minimum absolute atomic E-state index is 0.0478. The third-order valence-corrected chi connectivity index (χ3v) is 3.68. The molecule has 0 saturated carbocycles. The number of hydrogen-bond donors (Lipinski definition) is 0. The van der Waals surface area contributed by atoms with Gasteiger partial charge in [-0.3, -0.25) is 4.79 Å². The van der Waals surface area contributed by atoms with Gasteiger partial charge in [0.25, 0.3) is 0 Å². The van der Waals surface area contributed by atoms with E-state index in [1.807, 2.05) is 0 Å². The number of benzene rings is 1. The lowest BCUT2D eigenvalue weighted by Crippen LogP contribution is -2.30. The normalized spacial score (nSPS) is 19.0. The fraction of sp³-hybridized carbons (Fsp3) is 0.533. The van der Waals surface area contributed by atoms with Gasteiger partial charge in [0.2, 0.25) is 5.91 Å². The fourth-order valence-corrected chi connectivity index (χ4v) is 2.53. The molecule has 0 aromatic heterocycles. The predicted octanol–water partition coefficient (Wildman–Crippen LogP) is 2.74. The Morgan fingerprint density at radius 2 is 2.00 bits per heavy atom. The van der Waals surface area contributed by atoms with Crippen molar-refractivity contribution in [2.24, 2.45) is 5.92 Å². The zero-order valence-corrected chi connectivity index (χ0v) is 11.8. The van der Waals surface area contributed by atoms with E-state index in [0.29, 0.717) is 31.2 Å². The van der Waals surface area contributed by atoms with Gasteiger partial charge in [0.15, 0.2) is 0 Å². The number of rotatable bonds is 4. The van der Waals surface area contributed by atoms with Crippen molar-refractivity contribution in [2.45, 2.75) is 19.0 Å². The number of amides is 1. The number of nitrogens with zero attached hydrogens (tertiary/aromatic N) is 1. The lowest BCUT2D eigenvalue weighted by Gasteiger charge is -2.16. The van der Waals surface area contributed by atoms with Gasteiger partial charge in [-0.15, -0.1) is 0 Å². The molecular weight excluding hydrogens is 283 g/mol. The predicted molar refractivity (Wildman–Crippen MR) is 71.7 cm³/mol. The van der Waals surface area contributed by atoms with Crippen molar-refractivity contribution < 1.29 is 22.7 Å². The summed E-state index contributed by atoms with van der Waals surface area (Å²) in [6.07, 6.45) is -3.30. The average molecular weight is 301 g/mol. The van der Waals surface area contributed by atoms with Gasteiger partial charge in [-0.2, -0.15) is 13.2 Å². The van der Waals surface area contributed by atoms with Crippen molar-refractivity contribution in [1.29, 1.82) is 0 Å². The SMILES string of the molecule is COC[C@H]1CCN(C(=O)Cc2ccc(C(F)(F)F)cc2)C1. The third kappa shape index (κ3) is 4.20. The van der Waals surface area contributed by atoms with E-state index in [0.717, 1.165) is 18.6 Å². The van der Waals surface area contributed by atoms with Crippen LogP contribution in [0.1, 0.15) is 17.5 Å². The first kappa shape index (κ1) is 15.8. The Morgan fingerprint density at radius 3 is 2.57 bits per heavy atom. The second kappa shape index (κ2) is 6.47. The van der Waals surface area contributed by atoms with Gasteiger partial charge in [0, 0.05) is 26.1 Å².